The number of rotatable bonds is 2. The van der Waals surface area contributed by atoms with Crippen molar-refractivity contribution in [2.75, 3.05) is 0 Å². The van der Waals surface area contributed by atoms with E-state index in [0.29, 0.717) is 38.7 Å². The number of hydrogen-bond donors (Lipinski definition) is 2. The highest BCUT2D eigenvalue weighted by atomic mass is 16.4. The average molecular weight is 436 g/mol. The number of hydrogen-bond acceptors (Lipinski definition) is 7. The summed E-state index contributed by atoms with van der Waals surface area (Å²) in [6.45, 7) is 1.22. The molecule has 1 aliphatic heterocycles. The molecular formula is C23H20N2O7. The van der Waals surface area contributed by atoms with Crippen molar-refractivity contribution in [3.8, 4) is 0 Å². The highest BCUT2D eigenvalue weighted by Crippen LogP contribution is 2.55. The summed E-state index contributed by atoms with van der Waals surface area (Å²) >= 11 is 0. The van der Waals surface area contributed by atoms with Gasteiger partial charge in [-0.05, 0) is 43.9 Å². The zero-order valence-electron chi connectivity index (χ0n) is 17.2. The number of amides is 4. The van der Waals surface area contributed by atoms with Crippen LogP contribution in [0.3, 0.4) is 0 Å². The fraction of sp³-hybridized carbons (Fsp3) is 0.348. The number of nitrogens with zero attached hydrogens (tertiary/aromatic N) is 1. The summed E-state index contributed by atoms with van der Waals surface area (Å²) in [5.41, 5.74) is 6.87. The maximum atomic E-state index is 13.1. The normalized spacial score (nSPS) is 29.5. The van der Waals surface area contributed by atoms with Crippen molar-refractivity contribution in [2.24, 2.45) is 23.5 Å². The highest BCUT2D eigenvalue weighted by molar-refractivity contribution is 6.24. The molecule has 3 N–H and O–H groups in total. The van der Waals surface area contributed by atoms with Gasteiger partial charge in [0.2, 0.25) is 11.8 Å². The van der Waals surface area contributed by atoms with Crippen LogP contribution in [0.5, 0.6) is 0 Å². The summed E-state index contributed by atoms with van der Waals surface area (Å²) in [6, 6.07) is 2.10. The molecule has 9 nitrogen and oxygen atoms in total. The Morgan fingerprint density at radius 3 is 2.59 bits per heavy atom. The van der Waals surface area contributed by atoms with E-state index in [1.165, 1.54) is 6.08 Å². The van der Waals surface area contributed by atoms with Gasteiger partial charge in [-0.3, -0.25) is 19.2 Å². The molecule has 2 heterocycles. The van der Waals surface area contributed by atoms with Crippen LogP contribution in [0.4, 0.5) is 4.79 Å². The second-order valence-electron chi connectivity index (χ2n) is 8.54. The van der Waals surface area contributed by atoms with E-state index in [-0.39, 0.29) is 31.0 Å². The number of Topliss-reactive ketones (excluding diaryl/α,β-unsaturated/α-hetero) is 1. The van der Waals surface area contributed by atoms with Gasteiger partial charge in [0, 0.05) is 16.7 Å². The van der Waals surface area contributed by atoms with Crippen LogP contribution in [0.1, 0.15) is 37.2 Å². The van der Waals surface area contributed by atoms with Crippen LogP contribution < -0.4 is 5.73 Å². The summed E-state index contributed by atoms with van der Waals surface area (Å²) in [5.74, 6) is -4.14. The molecule has 0 aromatic carbocycles. The number of carbonyl (C=O) groups excluding carboxylic acids is 5. The Morgan fingerprint density at radius 1 is 1.19 bits per heavy atom. The van der Waals surface area contributed by atoms with Crippen molar-refractivity contribution < 1.29 is 33.5 Å². The number of primary amides is 1. The van der Waals surface area contributed by atoms with E-state index in [1.54, 1.807) is 25.1 Å². The number of carbonyl (C=O) groups is 5. The molecule has 0 unspecified atom stereocenters. The lowest BCUT2D eigenvalue weighted by molar-refractivity contribution is -0.136. The van der Waals surface area contributed by atoms with Crippen molar-refractivity contribution in [1.29, 1.82) is 0 Å². The van der Waals surface area contributed by atoms with Gasteiger partial charge in [0.15, 0.2) is 11.6 Å². The van der Waals surface area contributed by atoms with E-state index in [9.17, 15) is 29.1 Å². The van der Waals surface area contributed by atoms with Gasteiger partial charge in [-0.2, -0.15) is 4.90 Å². The number of furan rings is 1. The van der Waals surface area contributed by atoms with E-state index >= 15 is 0 Å². The summed E-state index contributed by atoms with van der Waals surface area (Å²) in [4.78, 5) is 64.0. The number of allylic oxidation sites excluding steroid dienone is 6. The molecule has 9 heteroatoms. The molecule has 4 amide bonds. The molecule has 1 aromatic rings. The minimum absolute atomic E-state index is 0.105. The standard InChI is InChI=1S/C23H20N2O7/c1-9-6-15(27)18-14(20(9)28)7-13-11(19(18)16-5-2-10(8-26)32-16)3-4-12-17(13)22(30)25(21(12)29)23(24)31/h2-3,5-6,12-13,17,19,26H,4,7-8H2,1H3,(H2,24,31)/t12-,13+,17-,19+/m0/s1. The van der Waals surface area contributed by atoms with Gasteiger partial charge in [0.1, 0.15) is 18.1 Å². The number of urea groups is 1. The summed E-state index contributed by atoms with van der Waals surface area (Å²) in [6.07, 6.45) is 3.41. The van der Waals surface area contributed by atoms with E-state index in [1.807, 2.05) is 0 Å². The van der Waals surface area contributed by atoms with Crippen LogP contribution in [0.2, 0.25) is 0 Å². The van der Waals surface area contributed by atoms with Gasteiger partial charge in [0.05, 0.1) is 17.8 Å². The zero-order valence-corrected chi connectivity index (χ0v) is 17.2. The number of likely N-dealkylation sites (tertiary alicyclic amines) is 1. The lowest BCUT2D eigenvalue weighted by atomic mass is 9.60. The topological polar surface area (TPSA) is 148 Å². The molecule has 4 atom stereocenters. The molecule has 0 spiro atoms. The second kappa shape index (κ2) is 6.96. The predicted octanol–water partition coefficient (Wildman–Crippen LogP) is 1.28. The number of fused-ring (bicyclic) bond motifs is 3. The number of aliphatic hydroxyl groups is 1. The van der Waals surface area contributed by atoms with Gasteiger partial charge in [-0.1, -0.05) is 11.6 Å². The number of imide groups is 3. The van der Waals surface area contributed by atoms with Crippen LogP contribution in [0.25, 0.3) is 0 Å². The first-order chi connectivity index (χ1) is 15.2. The fourth-order valence-electron chi connectivity index (χ4n) is 5.56. The van der Waals surface area contributed by atoms with Gasteiger partial charge in [-0.25, -0.2) is 4.79 Å². The Kier molecular flexibility index (Phi) is 4.42. The summed E-state index contributed by atoms with van der Waals surface area (Å²) in [5, 5.41) is 9.43. The van der Waals surface area contributed by atoms with E-state index in [0.717, 1.165) is 0 Å². The van der Waals surface area contributed by atoms with Crippen LogP contribution in [0, 0.1) is 17.8 Å². The largest absolute Gasteiger partial charge is 0.463 e. The Morgan fingerprint density at radius 2 is 1.94 bits per heavy atom. The van der Waals surface area contributed by atoms with E-state index < -0.39 is 41.5 Å². The molecular weight excluding hydrogens is 416 g/mol. The fourth-order valence-corrected chi connectivity index (χ4v) is 5.56. The third-order valence-corrected chi connectivity index (χ3v) is 6.91. The third-order valence-electron chi connectivity index (χ3n) is 6.91. The van der Waals surface area contributed by atoms with Crippen molar-refractivity contribution in [1.82, 2.24) is 4.90 Å². The highest BCUT2D eigenvalue weighted by Gasteiger charge is 2.57. The van der Waals surface area contributed by atoms with Gasteiger partial charge in [0.25, 0.3) is 0 Å². The van der Waals surface area contributed by atoms with Crippen LogP contribution in [0.15, 0.2) is 51.0 Å². The second-order valence-corrected chi connectivity index (χ2v) is 8.54. The Labute approximate surface area is 182 Å². The van der Waals surface area contributed by atoms with E-state index in [2.05, 4.69) is 0 Å². The van der Waals surface area contributed by atoms with Crippen LogP contribution >= 0.6 is 0 Å². The Bertz CT molecular complexity index is 1210. The average Bonchev–Trinajstić information content (AvgIpc) is 3.33. The molecule has 164 valence electrons. The molecule has 3 aliphatic carbocycles. The van der Waals surface area contributed by atoms with Crippen LogP contribution in [-0.2, 0) is 25.8 Å². The first kappa shape index (κ1) is 20.3. The minimum atomic E-state index is -1.12. The number of ketones is 2. The maximum absolute atomic E-state index is 13.1. The first-order valence-corrected chi connectivity index (χ1v) is 10.3. The first-order valence-electron chi connectivity index (χ1n) is 10.3. The van der Waals surface area contributed by atoms with Crippen molar-refractivity contribution in [2.45, 2.75) is 32.3 Å². The SMILES string of the molecule is CC1=CC(=O)C2=C(C[C@@H]3C(=CC[C@@H]4C(=O)N(C(N)=O)C(=O)[C@@H]43)[C@@H]2c2ccc(CO)o2)C1=O. The molecule has 0 saturated carbocycles. The molecule has 5 rings (SSSR count). The van der Waals surface area contributed by atoms with Crippen molar-refractivity contribution in [3.63, 3.8) is 0 Å². The Hall–Kier alpha value is -3.59. The number of aliphatic hydroxyl groups excluding tert-OH is 1. The molecule has 0 radical (unpaired) electrons. The minimum Gasteiger partial charge on any atom is -0.463 e. The van der Waals surface area contributed by atoms with Crippen molar-refractivity contribution >= 4 is 29.4 Å². The maximum Gasteiger partial charge on any atom is 0.328 e. The molecule has 4 aliphatic rings. The smallest absolute Gasteiger partial charge is 0.328 e. The molecule has 32 heavy (non-hydrogen) atoms. The predicted molar refractivity (Wildman–Crippen MR) is 107 cm³/mol. The molecule has 1 fully saturated rings. The lowest BCUT2D eigenvalue weighted by Gasteiger charge is -2.41. The quantitative estimate of drug-likeness (QED) is 0.403. The summed E-state index contributed by atoms with van der Waals surface area (Å²) < 4.78 is 5.75. The number of nitrogens with two attached hydrogens (primary N) is 1. The Balaban J connectivity index is 1.68. The van der Waals surface area contributed by atoms with Gasteiger partial charge in [-0.15, -0.1) is 0 Å². The zero-order chi connectivity index (χ0) is 22.9. The van der Waals surface area contributed by atoms with Gasteiger partial charge >= 0.3 is 6.03 Å². The van der Waals surface area contributed by atoms with E-state index in [4.69, 9.17) is 10.2 Å². The monoisotopic (exact) mass is 436 g/mol. The lowest BCUT2D eigenvalue weighted by Crippen LogP contribution is -2.42. The molecule has 1 aromatic heterocycles. The van der Waals surface area contributed by atoms with Gasteiger partial charge < -0.3 is 15.3 Å². The molecule has 0 bridgehead atoms. The molecule has 1 saturated heterocycles. The van der Waals surface area contributed by atoms with Crippen LogP contribution in [-0.4, -0.2) is 39.4 Å². The van der Waals surface area contributed by atoms with Crippen molar-refractivity contribution in [3.05, 3.63) is 58.1 Å². The summed E-state index contributed by atoms with van der Waals surface area (Å²) in [7, 11) is 0. The third kappa shape index (κ3) is 2.64.